The molecule has 2 aliphatic rings. The molecule has 1 aromatic rings. The summed E-state index contributed by atoms with van der Waals surface area (Å²) in [6.07, 6.45) is 6.78. The molecular formula is C15H22N2O. The minimum absolute atomic E-state index is 0.109. The van der Waals surface area contributed by atoms with Gasteiger partial charge in [0.15, 0.2) is 0 Å². The monoisotopic (exact) mass is 246 g/mol. The summed E-state index contributed by atoms with van der Waals surface area (Å²) in [6, 6.07) is 4.72. The Morgan fingerprint density at radius 1 is 1.28 bits per heavy atom. The molecule has 0 bridgehead atoms. The van der Waals surface area contributed by atoms with E-state index in [-0.39, 0.29) is 6.61 Å². The Labute approximate surface area is 109 Å². The molecule has 3 nitrogen and oxygen atoms in total. The molecule has 0 aromatic carbocycles. The van der Waals surface area contributed by atoms with Crippen LogP contribution in [0, 0.1) is 12.8 Å². The van der Waals surface area contributed by atoms with Crippen molar-refractivity contribution in [1.82, 2.24) is 4.98 Å². The summed E-state index contributed by atoms with van der Waals surface area (Å²) in [5.41, 5.74) is 1.99. The van der Waals surface area contributed by atoms with Gasteiger partial charge in [-0.3, -0.25) is 0 Å². The fourth-order valence-electron chi connectivity index (χ4n) is 3.65. The zero-order valence-electron chi connectivity index (χ0n) is 11.1. The average molecular weight is 246 g/mol. The normalized spacial score (nSPS) is 27.3. The number of hydrogen-bond acceptors (Lipinski definition) is 3. The number of hydrogen-bond donors (Lipinski definition) is 1. The number of anilines is 1. The molecule has 0 amide bonds. The number of rotatable bonds is 2. The van der Waals surface area contributed by atoms with Crippen molar-refractivity contribution in [2.75, 3.05) is 11.4 Å². The molecule has 18 heavy (non-hydrogen) atoms. The summed E-state index contributed by atoms with van der Waals surface area (Å²) in [5.74, 6) is 1.95. The lowest BCUT2D eigenvalue weighted by Crippen LogP contribution is -2.35. The summed E-state index contributed by atoms with van der Waals surface area (Å²) in [4.78, 5) is 7.15. The van der Waals surface area contributed by atoms with E-state index >= 15 is 0 Å². The Balaban J connectivity index is 1.88. The summed E-state index contributed by atoms with van der Waals surface area (Å²) >= 11 is 0. The van der Waals surface area contributed by atoms with Crippen LogP contribution in [-0.4, -0.2) is 22.7 Å². The van der Waals surface area contributed by atoms with Crippen LogP contribution in [0.25, 0.3) is 0 Å². The van der Waals surface area contributed by atoms with Crippen LogP contribution in [0.4, 0.5) is 5.82 Å². The number of aryl methyl sites for hydroxylation is 1. The van der Waals surface area contributed by atoms with Crippen molar-refractivity contribution in [1.29, 1.82) is 0 Å². The van der Waals surface area contributed by atoms with E-state index in [1.54, 1.807) is 0 Å². The van der Waals surface area contributed by atoms with Crippen LogP contribution in [0.3, 0.4) is 0 Å². The van der Waals surface area contributed by atoms with Crippen molar-refractivity contribution in [3.8, 4) is 0 Å². The Morgan fingerprint density at radius 2 is 2.11 bits per heavy atom. The van der Waals surface area contributed by atoms with Gasteiger partial charge < -0.3 is 10.0 Å². The van der Waals surface area contributed by atoms with Gasteiger partial charge in [-0.05, 0) is 49.8 Å². The van der Waals surface area contributed by atoms with Crippen LogP contribution in [0.15, 0.2) is 12.1 Å². The smallest absolute Gasteiger partial charge is 0.129 e. The van der Waals surface area contributed by atoms with Gasteiger partial charge in [-0.2, -0.15) is 0 Å². The highest BCUT2D eigenvalue weighted by atomic mass is 16.3. The second-order valence-corrected chi connectivity index (χ2v) is 5.73. The van der Waals surface area contributed by atoms with Crippen LogP contribution in [-0.2, 0) is 6.61 Å². The van der Waals surface area contributed by atoms with Gasteiger partial charge in [0.25, 0.3) is 0 Å². The maximum Gasteiger partial charge on any atom is 0.129 e. The van der Waals surface area contributed by atoms with Gasteiger partial charge in [0, 0.05) is 18.3 Å². The summed E-state index contributed by atoms with van der Waals surface area (Å²) < 4.78 is 0. The molecule has 3 heteroatoms. The van der Waals surface area contributed by atoms with Crippen LogP contribution < -0.4 is 4.90 Å². The molecular weight excluding hydrogens is 224 g/mol. The van der Waals surface area contributed by atoms with Crippen molar-refractivity contribution < 1.29 is 5.11 Å². The van der Waals surface area contributed by atoms with Gasteiger partial charge in [0.05, 0.1) is 6.61 Å². The molecule has 1 aliphatic carbocycles. The first-order valence-corrected chi connectivity index (χ1v) is 7.13. The topological polar surface area (TPSA) is 36.4 Å². The summed E-state index contributed by atoms with van der Waals surface area (Å²) in [6.45, 7) is 3.26. The Hall–Kier alpha value is -1.09. The molecule has 1 aliphatic heterocycles. The third kappa shape index (κ3) is 2.12. The first-order valence-electron chi connectivity index (χ1n) is 7.13. The van der Waals surface area contributed by atoms with E-state index in [2.05, 4.69) is 16.0 Å². The van der Waals surface area contributed by atoms with E-state index in [0.717, 1.165) is 29.5 Å². The van der Waals surface area contributed by atoms with E-state index in [1.165, 1.54) is 32.1 Å². The molecule has 98 valence electrons. The maximum absolute atomic E-state index is 9.32. The van der Waals surface area contributed by atoms with Gasteiger partial charge in [-0.25, -0.2) is 4.98 Å². The quantitative estimate of drug-likeness (QED) is 0.871. The highest BCUT2D eigenvalue weighted by Gasteiger charge is 2.36. The van der Waals surface area contributed by atoms with Crippen molar-refractivity contribution >= 4 is 5.82 Å². The molecule has 1 saturated heterocycles. The fraction of sp³-hybridized carbons (Fsp3) is 0.667. The minimum atomic E-state index is 0.109. The van der Waals surface area contributed by atoms with Crippen molar-refractivity contribution in [2.45, 2.75) is 51.7 Å². The largest absolute Gasteiger partial charge is 0.392 e. The Kier molecular flexibility index (Phi) is 3.25. The minimum Gasteiger partial charge on any atom is -0.392 e. The third-order valence-electron chi connectivity index (χ3n) is 4.49. The summed E-state index contributed by atoms with van der Waals surface area (Å²) in [5, 5.41) is 9.32. The molecule has 2 heterocycles. The number of pyridine rings is 1. The number of aliphatic hydroxyl groups is 1. The van der Waals surface area contributed by atoms with Gasteiger partial charge in [-0.15, -0.1) is 0 Å². The second kappa shape index (κ2) is 4.88. The summed E-state index contributed by atoms with van der Waals surface area (Å²) in [7, 11) is 0. The molecule has 0 radical (unpaired) electrons. The lowest BCUT2D eigenvalue weighted by molar-refractivity contribution is 0.281. The van der Waals surface area contributed by atoms with Gasteiger partial charge in [0.1, 0.15) is 5.82 Å². The van der Waals surface area contributed by atoms with Gasteiger partial charge in [-0.1, -0.05) is 12.8 Å². The number of nitrogens with zero attached hydrogens (tertiary/aromatic N) is 2. The van der Waals surface area contributed by atoms with Crippen LogP contribution in [0.2, 0.25) is 0 Å². The van der Waals surface area contributed by atoms with E-state index < -0.39 is 0 Å². The molecule has 1 aromatic heterocycles. The van der Waals surface area contributed by atoms with Crippen molar-refractivity contribution in [2.24, 2.45) is 5.92 Å². The number of aromatic nitrogens is 1. The van der Waals surface area contributed by atoms with Gasteiger partial charge in [0.2, 0.25) is 0 Å². The molecule has 2 atom stereocenters. The molecule has 2 fully saturated rings. The maximum atomic E-state index is 9.32. The van der Waals surface area contributed by atoms with Gasteiger partial charge >= 0.3 is 0 Å². The molecule has 1 N–H and O–H groups in total. The lowest BCUT2D eigenvalue weighted by atomic mass is 9.85. The highest BCUT2D eigenvalue weighted by Crippen LogP contribution is 2.38. The Morgan fingerprint density at radius 3 is 2.94 bits per heavy atom. The highest BCUT2D eigenvalue weighted by molar-refractivity contribution is 5.45. The fourth-order valence-corrected chi connectivity index (χ4v) is 3.65. The zero-order valence-corrected chi connectivity index (χ0v) is 11.1. The predicted octanol–water partition coefficient (Wildman–Crippen LogP) is 2.65. The zero-order chi connectivity index (χ0) is 12.5. The molecule has 0 spiro atoms. The SMILES string of the molecule is Cc1cc(CO)cc(N2CCC3CCCCC32)n1. The van der Waals surface area contributed by atoms with E-state index in [1.807, 2.05) is 13.0 Å². The number of fused-ring (bicyclic) bond motifs is 1. The molecule has 2 unspecified atom stereocenters. The van der Waals surface area contributed by atoms with Crippen LogP contribution in [0.1, 0.15) is 43.4 Å². The first-order chi connectivity index (χ1) is 8.78. The van der Waals surface area contributed by atoms with E-state index in [9.17, 15) is 5.11 Å². The third-order valence-corrected chi connectivity index (χ3v) is 4.49. The number of aliphatic hydroxyl groups excluding tert-OH is 1. The average Bonchev–Trinajstić information content (AvgIpc) is 2.81. The standard InChI is InChI=1S/C15H22N2O/c1-11-8-12(10-18)9-15(16-11)17-7-6-13-4-2-3-5-14(13)17/h8-9,13-14,18H,2-7,10H2,1H3. The second-order valence-electron chi connectivity index (χ2n) is 5.73. The van der Waals surface area contributed by atoms with E-state index in [0.29, 0.717) is 6.04 Å². The van der Waals surface area contributed by atoms with Crippen LogP contribution >= 0.6 is 0 Å². The van der Waals surface area contributed by atoms with E-state index in [4.69, 9.17) is 0 Å². The lowest BCUT2D eigenvalue weighted by Gasteiger charge is -2.32. The first kappa shape index (κ1) is 12.0. The van der Waals surface area contributed by atoms with Crippen molar-refractivity contribution in [3.05, 3.63) is 23.4 Å². The predicted molar refractivity (Wildman–Crippen MR) is 72.6 cm³/mol. The van der Waals surface area contributed by atoms with Crippen molar-refractivity contribution in [3.63, 3.8) is 0 Å². The molecule has 3 rings (SSSR count). The Bertz CT molecular complexity index is 433. The molecule has 1 saturated carbocycles. The van der Waals surface area contributed by atoms with Crippen LogP contribution in [0.5, 0.6) is 0 Å².